The average molecular weight is 368 g/mol. The predicted molar refractivity (Wildman–Crippen MR) is 100 cm³/mol. The number of hydrogen-bond acceptors (Lipinski definition) is 6. The van der Waals surface area contributed by atoms with Gasteiger partial charge in [-0.15, -0.1) is 0 Å². The molecule has 1 aromatic heterocycles. The molecular formula is C21H20O6. The molecule has 6 nitrogen and oxygen atoms in total. The number of fused-ring (bicyclic) bond motifs is 1. The molecule has 0 radical (unpaired) electrons. The van der Waals surface area contributed by atoms with Crippen molar-refractivity contribution in [3.8, 4) is 16.9 Å². The summed E-state index contributed by atoms with van der Waals surface area (Å²) in [6.45, 7) is 1.77. The SMILES string of the molecule is COCc1oc2c(OC)cc(C(=O)OC)cc2c1-c1ccc(C(C)=O)cc1. The Hall–Kier alpha value is -3.12. The molecule has 27 heavy (non-hydrogen) atoms. The highest BCUT2D eigenvalue weighted by Gasteiger charge is 2.22. The number of ketones is 1. The molecule has 0 unspecified atom stereocenters. The number of carbonyl (C=O) groups excluding carboxylic acids is 2. The van der Waals surface area contributed by atoms with Crippen LogP contribution < -0.4 is 4.74 Å². The zero-order valence-corrected chi connectivity index (χ0v) is 15.6. The van der Waals surface area contributed by atoms with E-state index in [-0.39, 0.29) is 12.4 Å². The third kappa shape index (κ3) is 3.44. The maximum absolute atomic E-state index is 12.1. The summed E-state index contributed by atoms with van der Waals surface area (Å²) in [6, 6.07) is 10.5. The second-order valence-corrected chi connectivity index (χ2v) is 6.01. The van der Waals surface area contributed by atoms with E-state index in [1.165, 1.54) is 21.1 Å². The van der Waals surface area contributed by atoms with Crippen molar-refractivity contribution in [1.82, 2.24) is 0 Å². The van der Waals surface area contributed by atoms with E-state index in [4.69, 9.17) is 18.6 Å². The van der Waals surface area contributed by atoms with E-state index in [0.29, 0.717) is 33.6 Å². The molecule has 6 heteroatoms. The highest BCUT2D eigenvalue weighted by atomic mass is 16.5. The van der Waals surface area contributed by atoms with Crippen LogP contribution >= 0.6 is 0 Å². The molecule has 0 fully saturated rings. The fraction of sp³-hybridized carbons (Fsp3) is 0.238. The Balaban J connectivity index is 2.29. The summed E-state index contributed by atoms with van der Waals surface area (Å²) in [5.41, 5.74) is 3.12. The standard InChI is InChI=1S/C21H20O6/c1-12(22)13-5-7-14(8-6-13)19-16-9-15(21(23)26-4)10-17(25-3)20(16)27-18(19)11-24-2/h5-10H,11H2,1-4H3. The monoisotopic (exact) mass is 368 g/mol. The van der Waals surface area contributed by atoms with Crippen molar-refractivity contribution >= 4 is 22.7 Å². The molecule has 0 aliphatic carbocycles. The molecule has 0 amide bonds. The van der Waals surface area contributed by atoms with Gasteiger partial charge in [-0.25, -0.2) is 4.79 Å². The minimum atomic E-state index is -0.470. The number of methoxy groups -OCH3 is 3. The van der Waals surface area contributed by atoms with Crippen LogP contribution in [0.4, 0.5) is 0 Å². The summed E-state index contributed by atoms with van der Waals surface area (Å²) < 4.78 is 21.5. The van der Waals surface area contributed by atoms with Crippen LogP contribution in [0.15, 0.2) is 40.8 Å². The number of esters is 1. The van der Waals surface area contributed by atoms with Crippen molar-refractivity contribution < 1.29 is 28.2 Å². The molecule has 0 spiro atoms. The number of carbonyl (C=O) groups is 2. The largest absolute Gasteiger partial charge is 0.493 e. The maximum atomic E-state index is 12.1. The topological polar surface area (TPSA) is 75.0 Å². The fourth-order valence-electron chi connectivity index (χ4n) is 3.03. The molecule has 0 atom stereocenters. The zero-order chi connectivity index (χ0) is 19.6. The zero-order valence-electron chi connectivity index (χ0n) is 15.6. The van der Waals surface area contributed by atoms with Gasteiger partial charge >= 0.3 is 5.97 Å². The summed E-state index contributed by atoms with van der Waals surface area (Å²) in [4.78, 5) is 23.6. The highest BCUT2D eigenvalue weighted by molar-refractivity contribution is 6.04. The van der Waals surface area contributed by atoms with E-state index in [0.717, 1.165) is 11.1 Å². The van der Waals surface area contributed by atoms with Crippen molar-refractivity contribution in [3.63, 3.8) is 0 Å². The second kappa shape index (κ2) is 7.63. The highest BCUT2D eigenvalue weighted by Crippen LogP contribution is 2.40. The molecule has 0 bridgehead atoms. The Labute approximate surface area is 156 Å². The van der Waals surface area contributed by atoms with Crippen LogP contribution in [0.1, 0.15) is 33.4 Å². The van der Waals surface area contributed by atoms with Crippen LogP contribution in [-0.4, -0.2) is 33.1 Å². The lowest BCUT2D eigenvalue weighted by molar-refractivity contribution is 0.0600. The summed E-state index contributed by atoms with van der Waals surface area (Å²) >= 11 is 0. The van der Waals surface area contributed by atoms with Crippen molar-refractivity contribution in [3.05, 3.63) is 53.3 Å². The van der Waals surface area contributed by atoms with Gasteiger partial charge in [0.2, 0.25) is 0 Å². The first-order valence-corrected chi connectivity index (χ1v) is 8.32. The molecule has 3 aromatic rings. The summed E-state index contributed by atoms with van der Waals surface area (Å²) in [7, 11) is 4.41. The smallest absolute Gasteiger partial charge is 0.338 e. The minimum Gasteiger partial charge on any atom is -0.493 e. The van der Waals surface area contributed by atoms with Crippen LogP contribution in [0.25, 0.3) is 22.1 Å². The molecule has 0 N–H and O–H groups in total. The van der Waals surface area contributed by atoms with Gasteiger partial charge in [-0.2, -0.15) is 0 Å². The van der Waals surface area contributed by atoms with Gasteiger partial charge in [-0.3, -0.25) is 4.79 Å². The second-order valence-electron chi connectivity index (χ2n) is 6.01. The molecule has 3 rings (SSSR count). The quantitative estimate of drug-likeness (QED) is 0.478. The van der Waals surface area contributed by atoms with Gasteiger partial charge in [0.1, 0.15) is 12.4 Å². The van der Waals surface area contributed by atoms with Crippen molar-refractivity contribution in [1.29, 1.82) is 0 Å². The summed E-state index contributed by atoms with van der Waals surface area (Å²) in [6.07, 6.45) is 0. The molecule has 0 saturated heterocycles. The van der Waals surface area contributed by atoms with Gasteiger partial charge in [-0.1, -0.05) is 24.3 Å². The van der Waals surface area contributed by atoms with E-state index >= 15 is 0 Å². The number of furan rings is 1. The van der Waals surface area contributed by atoms with Crippen molar-refractivity contribution in [2.75, 3.05) is 21.3 Å². The Morgan fingerprint density at radius 2 is 1.70 bits per heavy atom. The number of benzene rings is 2. The molecule has 0 saturated carbocycles. The van der Waals surface area contributed by atoms with Gasteiger partial charge in [0.05, 0.1) is 19.8 Å². The van der Waals surface area contributed by atoms with E-state index in [1.807, 2.05) is 12.1 Å². The average Bonchev–Trinajstić information content (AvgIpc) is 3.04. The lowest BCUT2D eigenvalue weighted by atomic mass is 9.98. The minimum absolute atomic E-state index is 0.00892. The Kier molecular flexibility index (Phi) is 5.28. The Morgan fingerprint density at radius 1 is 1.00 bits per heavy atom. The lowest BCUT2D eigenvalue weighted by Crippen LogP contribution is -2.01. The molecule has 0 aliphatic heterocycles. The van der Waals surface area contributed by atoms with Gasteiger partial charge in [0.25, 0.3) is 0 Å². The van der Waals surface area contributed by atoms with E-state index < -0.39 is 5.97 Å². The molecule has 140 valence electrons. The summed E-state index contributed by atoms with van der Waals surface area (Å²) in [5, 5.41) is 0.706. The lowest BCUT2D eigenvalue weighted by Gasteiger charge is -2.06. The van der Waals surface area contributed by atoms with Crippen LogP contribution in [0.3, 0.4) is 0 Å². The number of ether oxygens (including phenoxy) is 3. The first kappa shape index (κ1) is 18.7. The van der Waals surface area contributed by atoms with Crippen LogP contribution in [-0.2, 0) is 16.1 Å². The Morgan fingerprint density at radius 3 is 2.26 bits per heavy atom. The van der Waals surface area contributed by atoms with Gasteiger partial charge in [0, 0.05) is 23.6 Å². The predicted octanol–water partition coefficient (Wildman–Crippen LogP) is 4.24. The molecule has 0 aliphatic rings. The van der Waals surface area contributed by atoms with Crippen LogP contribution in [0, 0.1) is 0 Å². The molecule has 1 heterocycles. The van der Waals surface area contributed by atoms with E-state index in [2.05, 4.69) is 0 Å². The van der Waals surface area contributed by atoms with Crippen molar-refractivity contribution in [2.24, 2.45) is 0 Å². The van der Waals surface area contributed by atoms with E-state index in [1.54, 1.807) is 31.4 Å². The molecular weight excluding hydrogens is 348 g/mol. The third-order valence-corrected chi connectivity index (χ3v) is 4.32. The first-order valence-electron chi connectivity index (χ1n) is 8.32. The van der Waals surface area contributed by atoms with Crippen LogP contribution in [0.2, 0.25) is 0 Å². The summed E-state index contributed by atoms with van der Waals surface area (Å²) in [5.74, 6) is 0.549. The van der Waals surface area contributed by atoms with Gasteiger partial charge in [-0.05, 0) is 24.6 Å². The first-order chi connectivity index (χ1) is 13.0. The third-order valence-electron chi connectivity index (χ3n) is 4.32. The van der Waals surface area contributed by atoms with E-state index in [9.17, 15) is 9.59 Å². The van der Waals surface area contributed by atoms with Gasteiger partial charge < -0.3 is 18.6 Å². The maximum Gasteiger partial charge on any atom is 0.338 e. The van der Waals surface area contributed by atoms with Crippen LogP contribution in [0.5, 0.6) is 5.75 Å². The number of hydrogen-bond donors (Lipinski definition) is 0. The number of rotatable bonds is 6. The Bertz CT molecular complexity index is 998. The number of Topliss-reactive ketones (excluding diaryl/α,β-unsaturated/α-hetero) is 1. The fourth-order valence-corrected chi connectivity index (χ4v) is 3.03. The van der Waals surface area contributed by atoms with Gasteiger partial charge in [0.15, 0.2) is 17.1 Å². The normalized spacial score (nSPS) is 10.8. The molecule has 2 aromatic carbocycles. The van der Waals surface area contributed by atoms with Crippen molar-refractivity contribution in [2.45, 2.75) is 13.5 Å².